The highest BCUT2D eigenvalue weighted by Crippen LogP contribution is 2.29. The van der Waals surface area contributed by atoms with Crippen molar-refractivity contribution in [1.29, 1.82) is 5.26 Å². The Bertz CT molecular complexity index is 405. The quantitative estimate of drug-likeness (QED) is 0.791. The predicted octanol–water partition coefficient (Wildman–Crippen LogP) is 2.81. The van der Waals surface area contributed by atoms with E-state index in [1.165, 1.54) is 12.8 Å². The molecule has 3 nitrogen and oxygen atoms in total. The minimum absolute atomic E-state index is 0.744. The maximum atomic E-state index is 9.02. The molecule has 1 aromatic rings. The van der Waals surface area contributed by atoms with Crippen LogP contribution in [-0.4, -0.2) is 18.1 Å². The van der Waals surface area contributed by atoms with Crippen molar-refractivity contribution in [2.45, 2.75) is 33.1 Å². The van der Waals surface area contributed by atoms with E-state index in [4.69, 9.17) is 5.26 Å². The second kappa shape index (κ2) is 4.84. The number of nitriles is 1. The Morgan fingerprint density at radius 1 is 1.62 bits per heavy atom. The molecule has 1 unspecified atom stereocenters. The first-order valence-electron chi connectivity index (χ1n) is 5.89. The summed E-state index contributed by atoms with van der Waals surface area (Å²) in [5.41, 5.74) is 0.959. The van der Waals surface area contributed by atoms with Gasteiger partial charge in [-0.25, -0.2) is 4.98 Å². The van der Waals surface area contributed by atoms with Crippen molar-refractivity contribution in [1.82, 2.24) is 4.98 Å². The fraction of sp³-hybridized carbons (Fsp3) is 0.667. The molecule has 86 valence electrons. The molecular formula is C12H17N3S. The smallest absolute Gasteiger partial charge is 0.186 e. The zero-order valence-electron chi connectivity index (χ0n) is 9.86. The Kier molecular flexibility index (Phi) is 3.45. The van der Waals surface area contributed by atoms with E-state index in [9.17, 15) is 0 Å². The molecule has 2 heterocycles. The maximum Gasteiger partial charge on any atom is 0.186 e. The Labute approximate surface area is 101 Å². The summed E-state index contributed by atoms with van der Waals surface area (Å²) in [5, 5.41) is 10.1. The molecular weight excluding hydrogens is 218 g/mol. The molecule has 0 amide bonds. The van der Waals surface area contributed by atoms with Crippen LogP contribution in [-0.2, 0) is 6.42 Å². The minimum atomic E-state index is 0.744. The Morgan fingerprint density at radius 2 is 2.44 bits per heavy atom. The second-order valence-electron chi connectivity index (χ2n) is 4.43. The summed E-state index contributed by atoms with van der Waals surface area (Å²) in [4.78, 5) is 7.70. The van der Waals surface area contributed by atoms with E-state index < -0.39 is 0 Å². The van der Waals surface area contributed by atoms with Gasteiger partial charge in [0.05, 0.1) is 5.69 Å². The first kappa shape index (κ1) is 11.4. The third-order valence-corrected chi connectivity index (χ3v) is 4.11. The van der Waals surface area contributed by atoms with Crippen molar-refractivity contribution in [3.8, 4) is 6.07 Å². The molecule has 0 radical (unpaired) electrons. The number of aryl methyl sites for hydroxylation is 1. The highest BCUT2D eigenvalue weighted by atomic mass is 32.1. The molecule has 1 aromatic heterocycles. The molecule has 2 rings (SSSR count). The van der Waals surface area contributed by atoms with Crippen LogP contribution in [0, 0.1) is 17.2 Å². The van der Waals surface area contributed by atoms with Crippen molar-refractivity contribution in [3.63, 3.8) is 0 Å². The highest BCUT2D eigenvalue weighted by Gasteiger charge is 2.20. The fourth-order valence-corrected chi connectivity index (χ4v) is 3.15. The standard InChI is InChI=1S/C12H17N3S/c1-3-10-11(7-13)16-12(14-10)15-6-4-5-9(2)8-15/h9H,3-6,8H2,1-2H3. The largest absolute Gasteiger partial charge is 0.348 e. The lowest BCUT2D eigenvalue weighted by Gasteiger charge is -2.30. The monoisotopic (exact) mass is 235 g/mol. The Hall–Kier alpha value is -1.08. The second-order valence-corrected chi connectivity index (χ2v) is 5.41. The van der Waals surface area contributed by atoms with Gasteiger partial charge < -0.3 is 4.90 Å². The Balaban J connectivity index is 2.20. The van der Waals surface area contributed by atoms with Crippen LogP contribution in [0.2, 0.25) is 0 Å². The van der Waals surface area contributed by atoms with Crippen LogP contribution in [0.15, 0.2) is 0 Å². The lowest BCUT2D eigenvalue weighted by atomic mass is 10.0. The van der Waals surface area contributed by atoms with Crippen molar-refractivity contribution >= 4 is 16.5 Å². The molecule has 1 aliphatic rings. The number of hydrogen-bond donors (Lipinski definition) is 0. The van der Waals surface area contributed by atoms with Crippen LogP contribution in [0.3, 0.4) is 0 Å². The van der Waals surface area contributed by atoms with E-state index in [1.54, 1.807) is 11.3 Å². The fourth-order valence-electron chi connectivity index (χ4n) is 2.16. The summed E-state index contributed by atoms with van der Waals surface area (Å²) >= 11 is 1.55. The van der Waals surface area contributed by atoms with Crippen LogP contribution in [0.5, 0.6) is 0 Å². The Morgan fingerprint density at radius 3 is 3.00 bits per heavy atom. The number of nitrogens with zero attached hydrogens (tertiary/aromatic N) is 3. The lowest BCUT2D eigenvalue weighted by Crippen LogP contribution is -2.34. The van der Waals surface area contributed by atoms with Crippen LogP contribution < -0.4 is 4.90 Å². The van der Waals surface area contributed by atoms with Gasteiger partial charge in [-0.05, 0) is 25.2 Å². The van der Waals surface area contributed by atoms with E-state index in [0.29, 0.717) is 0 Å². The molecule has 0 N–H and O–H groups in total. The van der Waals surface area contributed by atoms with Crippen molar-refractivity contribution in [2.24, 2.45) is 5.92 Å². The molecule has 1 aliphatic heterocycles. The topological polar surface area (TPSA) is 39.9 Å². The van der Waals surface area contributed by atoms with Crippen LogP contribution in [0.1, 0.15) is 37.3 Å². The molecule has 16 heavy (non-hydrogen) atoms. The molecule has 4 heteroatoms. The van der Waals surface area contributed by atoms with Gasteiger partial charge >= 0.3 is 0 Å². The van der Waals surface area contributed by atoms with Crippen molar-refractivity contribution in [3.05, 3.63) is 10.6 Å². The molecule has 0 aliphatic carbocycles. The summed E-state index contributed by atoms with van der Waals surface area (Å²) in [6, 6.07) is 2.25. The summed E-state index contributed by atoms with van der Waals surface area (Å²) in [5.74, 6) is 0.744. The highest BCUT2D eigenvalue weighted by molar-refractivity contribution is 7.16. The summed E-state index contributed by atoms with van der Waals surface area (Å²) in [6.45, 7) is 6.51. The molecule has 0 bridgehead atoms. The predicted molar refractivity (Wildman–Crippen MR) is 66.8 cm³/mol. The summed E-state index contributed by atoms with van der Waals surface area (Å²) < 4.78 is 0. The van der Waals surface area contributed by atoms with E-state index in [0.717, 1.165) is 41.1 Å². The first-order chi connectivity index (χ1) is 7.74. The number of hydrogen-bond acceptors (Lipinski definition) is 4. The SMILES string of the molecule is CCc1nc(N2CCCC(C)C2)sc1C#N. The zero-order chi connectivity index (χ0) is 11.5. The van der Waals surface area contributed by atoms with Gasteiger partial charge in [-0.2, -0.15) is 5.26 Å². The number of piperidine rings is 1. The van der Waals surface area contributed by atoms with Gasteiger partial charge in [0.1, 0.15) is 10.9 Å². The van der Waals surface area contributed by atoms with Crippen LogP contribution in [0.4, 0.5) is 5.13 Å². The van der Waals surface area contributed by atoms with Gasteiger partial charge in [-0.15, -0.1) is 0 Å². The van der Waals surface area contributed by atoms with Crippen molar-refractivity contribution < 1.29 is 0 Å². The van der Waals surface area contributed by atoms with E-state index in [1.807, 2.05) is 0 Å². The molecule has 1 saturated heterocycles. The van der Waals surface area contributed by atoms with Gasteiger partial charge in [-0.3, -0.25) is 0 Å². The number of rotatable bonds is 2. The van der Waals surface area contributed by atoms with Crippen molar-refractivity contribution in [2.75, 3.05) is 18.0 Å². The molecule has 1 fully saturated rings. The van der Waals surface area contributed by atoms with Gasteiger partial charge in [0, 0.05) is 13.1 Å². The van der Waals surface area contributed by atoms with Gasteiger partial charge in [0.25, 0.3) is 0 Å². The third kappa shape index (κ3) is 2.19. The molecule has 1 atom stereocenters. The number of anilines is 1. The van der Waals surface area contributed by atoms with E-state index in [-0.39, 0.29) is 0 Å². The van der Waals surface area contributed by atoms with Crippen LogP contribution >= 0.6 is 11.3 Å². The molecule has 0 aromatic carbocycles. The molecule has 0 spiro atoms. The minimum Gasteiger partial charge on any atom is -0.348 e. The van der Waals surface area contributed by atoms with Gasteiger partial charge in [0.15, 0.2) is 5.13 Å². The first-order valence-corrected chi connectivity index (χ1v) is 6.71. The number of thiazole rings is 1. The van der Waals surface area contributed by atoms with E-state index >= 15 is 0 Å². The maximum absolute atomic E-state index is 9.02. The average Bonchev–Trinajstić information content (AvgIpc) is 2.72. The van der Waals surface area contributed by atoms with Gasteiger partial charge in [-0.1, -0.05) is 25.2 Å². The summed E-state index contributed by atoms with van der Waals surface area (Å²) in [7, 11) is 0. The number of aromatic nitrogens is 1. The van der Waals surface area contributed by atoms with Crippen LogP contribution in [0.25, 0.3) is 0 Å². The summed E-state index contributed by atoms with van der Waals surface area (Å²) in [6.07, 6.45) is 3.40. The zero-order valence-corrected chi connectivity index (χ0v) is 10.7. The van der Waals surface area contributed by atoms with E-state index in [2.05, 4.69) is 29.8 Å². The average molecular weight is 235 g/mol. The van der Waals surface area contributed by atoms with Gasteiger partial charge in [0.2, 0.25) is 0 Å². The normalized spacial score (nSPS) is 20.8. The lowest BCUT2D eigenvalue weighted by molar-refractivity contribution is 0.446. The third-order valence-electron chi connectivity index (χ3n) is 3.05. The molecule has 0 saturated carbocycles.